The SMILES string of the molecule is CCC[CH2][Sn]([CH2]CCC)([CH2]CCC)[c]1cc2ccccc2n1C(=O)OC(C)(C)C.CCO[Si](C)(C)C(C)(C)C. The molecular formula is C33H61NO3SiSn. The Hall–Kier alpha value is -0.794. The molecule has 0 saturated carbocycles. The molecule has 2 rings (SSSR count). The van der Waals surface area contributed by atoms with Crippen molar-refractivity contribution in [2.24, 2.45) is 0 Å². The molecule has 1 aromatic heterocycles. The van der Waals surface area contributed by atoms with Crippen LogP contribution in [-0.4, -0.2) is 49.6 Å². The summed E-state index contributed by atoms with van der Waals surface area (Å²) in [7, 11) is -1.40. The molecule has 6 heteroatoms. The number of ether oxygens (including phenoxy) is 1. The normalized spacial score (nSPS) is 12.8. The van der Waals surface area contributed by atoms with Crippen molar-refractivity contribution in [2.75, 3.05) is 6.61 Å². The van der Waals surface area contributed by atoms with Crippen LogP contribution in [0.1, 0.15) is 108 Å². The Morgan fingerprint density at radius 2 is 1.33 bits per heavy atom. The number of fused-ring (bicyclic) bond motifs is 1. The van der Waals surface area contributed by atoms with E-state index in [1.54, 1.807) is 0 Å². The summed E-state index contributed by atoms with van der Waals surface area (Å²) in [4.78, 5) is 13.4. The summed E-state index contributed by atoms with van der Waals surface area (Å²) in [5.74, 6) is 0. The van der Waals surface area contributed by atoms with Gasteiger partial charge >= 0.3 is 182 Å². The fraction of sp³-hybridized carbons (Fsp3) is 0.727. The summed E-state index contributed by atoms with van der Waals surface area (Å²) < 4.78 is 19.0. The number of hydrogen-bond donors (Lipinski definition) is 0. The third kappa shape index (κ3) is 10.8. The molecule has 0 aliphatic heterocycles. The maximum absolute atomic E-state index is 13.4. The summed E-state index contributed by atoms with van der Waals surface area (Å²) in [6.45, 7) is 27.0. The first-order valence-corrected chi connectivity index (χ1v) is 26.0. The Morgan fingerprint density at radius 3 is 1.72 bits per heavy atom. The van der Waals surface area contributed by atoms with E-state index in [9.17, 15) is 4.79 Å². The molecule has 0 bridgehead atoms. The van der Waals surface area contributed by atoms with Gasteiger partial charge in [-0.15, -0.1) is 0 Å². The van der Waals surface area contributed by atoms with E-state index in [0.717, 1.165) is 12.1 Å². The number of aromatic nitrogens is 1. The Morgan fingerprint density at radius 1 is 0.846 bits per heavy atom. The number of benzene rings is 1. The Bertz CT molecular complexity index is 979. The standard InChI is InChI=1S/C13H14NO2.C8H20OSi.3C4H9.Sn/c1-13(2,3)16-12(15)14-9-8-10-6-4-5-7-11(10)14;1-7-9-10(5,6)8(2,3)4;3*1-3-4-2;/h4-8H,1-3H3;7H2,1-6H3;3*1,3-4H2,2H3;. The molecule has 0 radical (unpaired) electrons. The van der Waals surface area contributed by atoms with E-state index in [1.165, 1.54) is 60.9 Å². The summed E-state index contributed by atoms with van der Waals surface area (Å²) in [6, 6.07) is 10.7. The number of hydrogen-bond acceptors (Lipinski definition) is 3. The van der Waals surface area contributed by atoms with Gasteiger partial charge in [0.1, 0.15) is 0 Å². The molecule has 0 fully saturated rings. The maximum atomic E-state index is 13.4. The van der Waals surface area contributed by atoms with Crippen LogP contribution >= 0.6 is 0 Å². The van der Waals surface area contributed by atoms with Gasteiger partial charge in [-0.2, -0.15) is 0 Å². The van der Waals surface area contributed by atoms with Crippen molar-refractivity contribution in [3.8, 4) is 0 Å². The first-order chi connectivity index (χ1) is 18.1. The molecule has 0 spiro atoms. The van der Waals surface area contributed by atoms with Crippen LogP contribution in [0.2, 0.25) is 31.4 Å². The minimum atomic E-state index is -2.79. The zero-order chi connectivity index (χ0) is 29.9. The first kappa shape index (κ1) is 36.2. The van der Waals surface area contributed by atoms with E-state index in [2.05, 4.69) is 85.8 Å². The monoisotopic (exact) mass is 667 g/mol. The van der Waals surface area contributed by atoms with E-state index in [1.807, 2.05) is 31.4 Å². The number of nitrogens with zero attached hydrogens (tertiary/aromatic N) is 1. The van der Waals surface area contributed by atoms with Crippen molar-refractivity contribution in [3.63, 3.8) is 0 Å². The Kier molecular flexibility index (Phi) is 14.9. The second-order valence-corrected chi connectivity index (χ2v) is 31.5. The summed E-state index contributed by atoms with van der Waals surface area (Å²) in [5.41, 5.74) is 0.524. The first-order valence-electron chi connectivity index (χ1n) is 15.6. The van der Waals surface area contributed by atoms with Gasteiger partial charge in [0.15, 0.2) is 8.32 Å². The molecule has 1 heterocycles. The topological polar surface area (TPSA) is 40.5 Å². The van der Waals surface area contributed by atoms with Gasteiger partial charge in [0.2, 0.25) is 0 Å². The van der Waals surface area contributed by atoms with Crippen LogP contribution < -0.4 is 3.71 Å². The molecule has 0 aliphatic carbocycles. The molecule has 2 aromatic rings. The van der Waals surface area contributed by atoms with E-state index in [4.69, 9.17) is 9.16 Å². The zero-order valence-corrected chi connectivity index (χ0v) is 31.5. The van der Waals surface area contributed by atoms with Gasteiger partial charge in [0.25, 0.3) is 0 Å². The predicted molar refractivity (Wildman–Crippen MR) is 177 cm³/mol. The van der Waals surface area contributed by atoms with E-state index < -0.39 is 32.3 Å². The van der Waals surface area contributed by atoms with Crippen LogP contribution in [0.5, 0.6) is 0 Å². The summed E-state index contributed by atoms with van der Waals surface area (Å²) >= 11 is -2.79. The quantitative estimate of drug-likeness (QED) is 0.212. The molecule has 0 amide bonds. The van der Waals surface area contributed by atoms with Crippen molar-refractivity contribution >= 4 is 47.4 Å². The number of carbonyl (C=O) groups is 1. The molecule has 0 saturated heterocycles. The Balaban J connectivity index is 0.000000646. The second-order valence-electron chi connectivity index (χ2n) is 13.7. The number of carbonyl (C=O) groups excluding carboxylic acids is 1. The van der Waals surface area contributed by atoms with Crippen LogP contribution in [0.4, 0.5) is 4.79 Å². The van der Waals surface area contributed by atoms with Crippen molar-refractivity contribution in [2.45, 2.75) is 145 Å². The van der Waals surface area contributed by atoms with E-state index in [-0.39, 0.29) is 6.09 Å². The van der Waals surface area contributed by atoms with Crippen molar-refractivity contribution in [3.05, 3.63) is 30.3 Å². The third-order valence-electron chi connectivity index (χ3n) is 8.17. The largest absolute Gasteiger partial charge is 0.417 e. The molecule has 1 aromatic carbocycles. The molecule has 39 heavy (non-hydrogen) atoms. The van der Waals surface area contributed by atoms with Gasteiger partial charge in [-0.3, -0.25) is 0 Å². The summed E-state index contributed by atoms with van der Waals surface area (Å²) in [5, 5.41) is 1.54. The van der Waals surface area contributed by atoms with Gasteiger partial charge in [-0.1, -0.05) is 20.8 Å². The Labute approximate surface area is 246 Å². The van der Waals surface area contributed by atoms with Crippen molar-refractivity contribution in [1.82, 2.24) is 4.57 Å². The fourth-order valence-electron chi connectivity index (χ4n) is 4.93. The maximum Gasteiger partial charge on any atom is 0.191 e. The molecule has 4 nitrogen and oxygen atoms in total. The predicted octanol–water partition coefficient (Wildman–Crippen LogP) is 10.5. The van der Waals surface area contributed by atoms with E-state index in [0.29, 0.717) is 5.04 Å². The van der Waals surface area contributed by atoms with Crippen LogP contribution in [0.3, 0.4) is 0 Å². The van der Waals surface area contributed by atoms with Gasteiger partial charge in [0.05, 0.1) is 0 Å². The van der Waals surface area contributed by atoms with Crippen LogP contribution in [-0.2, 0) is 9.16 Å². The summed E-state index contributed by atoms with van der Waals surface area (Å²) in [6.07, 6.45) is 7.31. The van der Waals surface area contributed by atoms with Crippen LogP contribution in [0, 0.1) is 0 Å². The average molecular weight is 667 g/mol. The minimum absolute atomic E-state index is 0.195. The molecular weight excluding hydrogens is 605 g/mol. The number of para-hydroxylation sites is 1. The molecule has 0 aliphatic rings. The van der Waals surface area contributed by atoms with Crippen molar-refractivity contribution in [1.29, 1.82) is 0 Å². The minimum Gasteiger partial charge on any atom is -0.417 e. The third-order valence-corrected chi connectivity index (χ3v) is 28.2. The number of unbranched alkanes of at least 4 members (excludes halogenated alkanes) is 3. The number of rotatable bonds is 12. The van der Waals surface area contributed by atoms with Gasteiger partial charge in [-0.05, 0) is 25.1 Å². The van der Waals surface area contributed by atoms with Crippen LogP contribution in [0.15, 0.2) is 30.3 Å². The van der Waals surface area contributed by atoms with Gasteiger partial charge < -0.3 is 4.43 Å². The van der Waals surface area contributed by atoms with E-state index >= 15 is 0 Å². The van der Waals surface area contributed by atoms with Crippen LogP contribution in [0.25, 0.3) is 10.9 Å². The van der Waals surface area contributed by atoms with Crippen molar-refractivity contribution < 1.29 is 14.0 Å². The van der Waals surface area contributed by atoms with Gasteiger partial charge in [-0.25, -0.2) is 0 Å². The zero-order valence-electron chi connectivity index (χ0n) is 27.6. The molecule has 0 N–H and O–H groups in total. The fourth-order valence-corrected chi connectivity index (χ4v) is 22.5. The second kappa shape index (κ2) is 16.0. The smallest absolute Gasteiger partial charge is 0.191 e. The average Bonchev–Trinajstić information content (AvgIpc) is 3.23. The molecule has 0 atom stereocenters. The molecule has 0 unspecified atom stereocenters. The molecule has 224 valence electrons. The van der Waals surface area contributed by atoms with Gasteiger partial charge in [0, 0.05) is 6.61 Å².